The number of nitrogens with zero attached hydrogens (tertiary/aromatic N) is 2. The van der Waals surface area contributed by atoms with E-state index in [-0.39, 0.29) is 6.85 Å². The first-order valence-electron chi connectivity index (χ1n) is 7.40. The van der Waals surface area contributed by atoms with E-state index in [1.165, 1.54) is 10.7 Å². The summed E-state index contributed by atoms with van der Waals surface area (Å²) in [6, 6.07) is 10.6. The van der Waals surface area contributed by atoms with E-state index in [0.717, 1.165) is 25.9 Å². The molecule has 4 heteroatoms. The SMILES string of the molecule is C[Si](C)(C)C1=CCCN(CCc2ccccc2)B1C#N. The molecule has 0 amide bonds. The second-order valence-corrected chi connectivity index (χ2v) is 11.6. The molecule has 0 aromatic heterocycles. The third kappa shape index (κ3) is 3.62. The molecule has 0 spiro atoms. The Morgan fingerprint density at radius 3 is 2.55 bits per heavy atom. The number of nitriles is 1. The molecule has 0 unspecified atom stereocenters. The van der Waals surface area contributed by atoms with E-state index in [1.807, 2.05) is 0 Å². The van der Waals surface area contributed by atoms with Crippen molar-refractivity contribution in [3.8, 4) is 5.97 Å². The first-order chi connectivity index (χ1) is 9.52. The lowest BCUT2D eigenvalue weighted by atomic mass is 9.59. The summed E-state index contributed by atoms with van der Waals surface area (Å²) >= 11 is 0. The largest absolute Gasteiger partial charge is 0.373 e. The minimum Gasteiger partial charge on any atom is -0.325 e. The zero-order valence-corrected chi connectivity index (χ0v) is 13.8. The van der Waals surface area contributed by atoms with Gasteiger partial charge in [0.25, 0.3) is 0 Å². The molecule has 0 aliphatic carbocycles. The first kappa shape index (κ1) is 15.1. The van der Waals surface area contributed by atoms with Crippen LogP contribution in [0.3, 0.4) is 0 Å². The monoisotopic (exact) mass is 282 g/mol. The maximum absolute atomic E-state index is 9.58. The minimum atomic E-state index is -1.39. The van der Waals surface area contributed by atoms with Crippen molar-refractivity contribution in [2.75, 3.05) is 13.1 Å². The van der Waals surface area contributed by atoms with Crippen molar-refractivity contribution in [3.63, 3.8) is 0 Å². The smallest absolute Gasteiger partial charge is 0.325 e. The average molecular weight is 282 g/mol. The molecule has 0 N–H and O–H groups in total. The van der Waals surface area contributed by atoms with Gasteiger partial charge < -0.3 is 4.81 Å². The van der Waals surface area contributed by atoms with Crippen LogP contribution >= 0.6 is 0 Å². The lowest BCUT2D eigenvalue weighted by Crippen LogP contribution is -2.50. The van der Waals surface area contributed by atoms with E-state index in [9.17, 15) is 5.26 Å². The topological polar surface area (TPSA) is 27.0 Å². The van der Waals surface area contributed by atoms with Crippen LogP contribution < -0.4 is 0 Å². The van der Waals surface area contributed by atoms with E-state index in [2.05, 4.69) is 66.8 Å². The van der Waals surface area contributed by atoms with Crippen molar-refractivity contribution in [1.82, 2.24) is 4.81 Å². The zero-order chi connectivity index (χ0) is 14.6. The fraction of sp³-hybridized carbons (Fsp3) is 0.438. The quantitative estimate of drug-likeness (QED) is 0.792. The second kappa shape index (κ2) is 6.43. The van der Waals surface area contributed by atoms with Crippen LogP contribution in [-0.2, 0) is 6.42 Å². The van der Waals surface area contributed by atoms with Gasteiger partial charge in [-0.15, -0.1) is 0 Å². The van der Waals surface area contributed by atoms with E-state index in [1.54, 1.807) is 0 Å². The molecule has 0 atom stereocenters. The Hall–Kier alpha value is -1.31. The van der Waals surface area contributed by atoms with Crippen molar-refractivity contribution < 1.29 is 0 Å². The number of hydrogen-bond donors (Lipinski definition) is 0. The molecular weight excluding hydrogens is 259 g/mol. The van der Waals surface area contributed by atoms with Crippen LogP contribution in [-0.4, -0.2) is 32.8 Å². The molecule has 0 saturated heterocycles. The molecule has 1 aromatic carbocycles. The van der Waals surface area contributed by atoms with Gasteiger partial charge in [-0.2, -0.15) is 0 Å². The number of rotatable bonds is 4. The van der Waals surface area contributed by atoms with Gasteiger partial charge in [0, 0.05) is 5.97 Å². The molecule has 2 rings (SSSR count). The molecule has 1 aromatic rings. The van der Waals surface area contributed by atoms with Crippen LogP contribution in [0.25, 0.3) is 0 Å². The standard InChI is InChI=1S/C16H23BN2Si/c1-20(2,3)16-10-7-12-19(17(16)14-18)13-11-15-8-5-4-6-9-15/h4-6,8-10H,7,11-13H2,1-3H3. The van der Waals surface area contributed by atoms with E-state index >= 15 is 0 Å². The highest BCUT2D eigenvalue weighted by atomic mass is 28.3. The summed E-state index contributed by atoms with van der Waals surface area (Å²) in [6.45, 7) is 9.00. The van der Waals surface area contributed by atoms with E-state index in [0.29, 0.717) is 0 Å². The fourth-order valence-corrected chi connectivity index (χ4v) is 4.67. The molecule has 2 nitrogen and oxygen atoms in total. The van der Waals surface area contributed by atoms with Crippen molar-refractivity contribution in [3.05, 3.63) is 47.1 Å². The molecule has 104 valence electrons. The lowest BCUT2D eigenvalue weighted by Gasteiger charge is -2.35. The second-order valence-electron chi connectivity index (χ2n) is 6.50. The van der Waals surface area contributed by atoms with Crippen LogP contribution in [0.15, 0.2) is 41.5 Å². The van der Waals surface area contributed by atoms with Crippen LogP contribution in [0.1, 0.15) is 12.0 Å². The Morgan fingerprint density at radius 2 is 1.95 bits per heavy atom. The average Bonchev–Trinajstić information content (AvgIpc) is 2.44. The maximum atomic E-state index is 9.58. The van der Waals surface area contributed by atoms with Gasteiger partial charge >= 0.3 is 6.85 Å². The van der Waals surface area contributed by atoms with Gasteiger partial charge in [-0.25, -0.2) is 5.26 Å². The maximum Gasteiger partial charge on any atom is 0.373 e. The van der Waals surface area contributed by atoms with E-state index in [4.69, 9.17) is 0 Å². The summed E-state index contributed by atoms with van der Waals surface area (Å²) < 4.78 is 0. The van der Waals surface area contributed by atoms with Gasteiger partial charge in [0.1, 0.15) is 0 Å². The molecule has 1 heterocycles. The summed E-state index contributed by atoms with van der Waals surface area (Å²) in [4.78, 5) is 2.36. The highest BCUT2D eigenvalue weighted by molar-refractivity contribution is 6.99. The van der Waals surface area contributed by atoms with Gasteiger partial charge in [-0.1, -0.05) is 61.1 Å². The molecule has 0 fully saturated rings. The Morgan fingerprint density at radius 1 is 1.25 bits per heavy atom. The molecule has 20 heavy (non-hydrogen) atoms. The molecule has 1 aliphatic rings. The van der Waals surface area contributed by atoms with Crippen LogP contribution in [0.2, 0.25) is 19.6 Å². The normalized spacial score (nSPS) is 16.7. The predicted octanol–water partition coefficient (Wildman–Crippen LogP) is 3.33. The molecule has 0 saturated carbocycles. The molecule has 1 aliphatic heterocycles. The van der Waals surface area contributed by atoms with Crippen molar-refractivity contribution in [2.24, 2.45) is 0 Å². The Kier molecular flexibility index (Phi) is 4.85. The van der Waals surface area contributed by atoms with Crippen molar-refractivity contribution >= 4 is 14.9 Å². The summed E-state index contributed by atoms with van der Waals surface area (Å²) in [5.74, 6) is 2.54. The van der Waals surface area contributed by atoms with Gasteiger partial charge in [0.15, 0.2) is 0 Å². The highest BCUT2D eigenvalue weighted by Crippen LogP contribution is 2.24. The summed E-state index contributed by atoms with van der Waals surface area (Å²) in [5.41, 5.74) is 1.35. The Balaban J connectivity index is 2.06. The van der Waals surface area contributed by atoms with Crippen LogP contribution in [0, 0.1) is 11.2 Å². The Labute approximate surface area is 124 Å². The lowest BCUT2D eigenvalue weighted by molar-refractivity contribution is 0.444. The minimum absolute atomic E-state index is 0.000807. The van der Waals surface area contributed by atoms with Gasteiger partial charge in [0.2, 0.25) is 0 Å². The number of hydrogen-bond acceptors (Lipinski definition) is 2. The van der Waals surface area contributed by atoms with Crippen molar-refractivity contribution in [1.29, 1.82) is 5.26 Å². The van der Waals surface area contributed by atoms with Gasteiger partial charge in [-0.3, -0.25) is 0 Å². The van der Waals surface area contributed by atoms with Gasteiger partial charge in [0.05, 0.1) is 8.07 Å². The fourth-order valence-electron chi connectivity index (χ4n) is 2.85. The zero-order valence-electron chi connectivity index (χ0n) is 12.8. The summed E-state index contributed by atoms with van der Waals surface area (Å²) in [7, 11) is -1.39. The third-order valence-corrected chi connectivity index (χ3v) is 6.17. The summed E-state index contributed by atoms with van der Waals surface area (Å²) in [5, 5.41) is 11.0. The molecular formula is C16H23BN2Si. The molecule has 0 bridgehead atoms. The Bertz CT molecular complexity index is 514. The highest BCUT2D eigenvalue weighted by Gasteiger charge is 2.36. The van der Waals surface area contributed by atoms with Crippen molar-refractivity contribution in [2.45, 2.75) is 32.5 Å². The van der Waals surface area contributed by atoms with Crippen LogP contribution in [0.5, 0.6) is 0 Å². The van der Waals surface area contributed by atoms with E-state index < -0.39 is 8.07 Å². The van der Waals surface area contributed by atoms with Gasteiger partial charge in [-0.05, 0) is 31.5 Å². The predicted molar refractivity (Wildman–Crippen MR) is 89.1 cm³/mol. The molecule has 0 radical (unpaired) electrons. The van der Waals surface area contributed by atoms with Crippen LogP contribution in [0.4, 0.5) is 0 Å². The first-order valence-corrected chi connectivity index (χ1v) is 10.9. The number of benzene rings is 1. The summed E-state index contributed by atoms with van der Waals surface area (Å²) in [6.07, 6.45) is 4.45. The third-order valence-electron chi connectivity index (χ3n) is 3.96.